The zero-order chi connectivity index (χ0) is 25.0. The van der Waals surface area contributed by atoms with Crippen LogP contribution in [0.4, 0.5) is 5.69 Å². The van der Waals surface area contributed by atoms with Crippen molar-refractivity contribution in [3.8, 4) is 0 Å². The number of hydrogen-bond acceptors (Lipinski definition) is 4. The molecule has 0 bridgehead atoms. The van der Waals surface area contributed by atoms with Crippen molar-refractivity contribution in [3.05, 3.63) is 101 Å². The van der Waals surface area contributed by atoms with Crippen molar-refractivity contribution in [2.24, 2.45) is 0 Å². The summed E-state index contributed by atoms with van der Waals surface area (Å²) in [6, 6.07) is 25.9. The standard InChI is InChI=1S/C27H30ClN3O3S/c1-21-24(28)14-9-15-25(21)31(35(2,33)34)20-26(32)29-16-18-30(19-17-29)27(22-10-5-3-6-11-22)23-12-7-4-8-13-23/h3-15,27H,16-20H2,1-2H3. The molecule has 0 N–H and O–H groups in total. The van der Waals surface area contributed by atoms with Crippen molar-refractivity contribution in [3.63, 3.8) is 0 Å². The van der Waals surface area contributed by atoms with Crippen molar-refractivity contribution < 1.29 is 13.2 Å². The van der Waals surface area contributed by atoms with Crippen LogP contribution in [0, 0.1) is 6.92 Å². The topological polar surface area (TPSA) is 60.9 Å². The van der Waals surface area contributed by atoms with E-state index in [1.54, 1.807) is 30.0 Å². The van der Waals surface area contributed by atoms with Gasteiger partial charge in [-0.25, -0.2) is 8.42 Å². The Bertz CT molecular complexity index is 1220. The van der Waals surface area contributed by atoms with E-state index in [1.807, 2.05) is 36.4 Å². The minimum Gasteiger partial charge on any atom is -0.339 e. The van der Waals surface area contributed by atoms with E-state index in [2.05, 4.69) is 29.2 Å². The molecule has 1 fully saturated rings. The van der Waals surface area contributed by atoms with E-state index in [-0.39, 0.29) is 18.5 Å². The number of carbonyl (C=O) groups excluding carboxylic acids is 1. The van der Waals surface area contributed by atoms with Gasteiger partial charge in [-0.1, -0.05) is 78.3 Å². The molecular weight excluding hydrogens is 482 g/mol. The molecule has 1 aliphatic rings. The number of hydrogen-bond donors (Lipinski definition) is 0. The van der Waals surface area contributed by atoms with Gasteiger partial charge in [0.25, 0.3) is 0 Å². The summed E-state index contributed by atoms with van der Waals surface area (Å²) in [5, 5.41) is 0.463. The highest BCUT2D eigenvalue weighted by atomic mass is 35.5. The van der Waals surface area contributed by atoms with E-state index in [0.717, 1.165) is 10.6 Å². The first-order valence-electron chi connectivity index (χ1n) is 11.6. The smallest absolute Gasteiger partial charge is 0.243 e. The van der Waals surface area contributed by atoms with E-state index >= 15 is 0 Å². The second kappa shape index (κ2) is 10.8. The van der Waals surface area contributed by atoms with Crippen molar-refractivity contribution in [2.75, 3.05) is 43.3 Å². The number of sulfonamides is 1. The van der Waals surface area contributed by atoms with Crippen LogP contribution in [0.15, 0.2) is 78.9 Å². The lowest BCUT2D eigenvalue weighted by atomic mass is 9.96. The molecule has 0 radical (unpaired) electrons. The van der Waals surface area contributed by atoms with E-state index < -0.39 is 10.0 Å². The Morgan fingerprint density at radius 2 is 1.43 bits per heavy atom. The normalized spacial score (nSPS) is 14.8. The van der Waals surface area contributed by atoms with Gasteiger partial charge in [-0.15, -0.1) is 0 Å². The van der Waals surface area contributed by atoms with Gasteiger partial charge >= 0.3 is 0 Å². The highest BCUT2D eigenvalue weighted by Gasteiger charge is 2.30. The lowest BCUT2D eigenvalue weighted by Crippen LogP contribution is -2.52. The number of nitrogens with zero attached hydrogens (tertiary/aromatic N) is 3. The Hall–Kier alpha value is -2.87. The first kappa shape index (κ1) is 25.2. The summed E-state index contributed by atoms with van der Waals surface area (Å²) < 4.78 is 26.3. The monoisotopic (exact) mass is 511 g/mol. The molecule has 184 valence electrons. The molecule has 1 heterocycles. The third-order valence-corrected chi connectivity index (χ3v) is 7.99. The summed E-state index contributed by atoms with van der Waals surface area (Å²) in [6.07, 6.45) is 1.11. The van der Waals surface area contributed by atoms with Crippen LogP contribution >= 0.6 is 11.6 Å². The zero-order valence-corrected chi connectivity index (χ0v) is 21.5. The lowest BCUT2D eigenvalue weighted by Gasteiger charge is -2.40. The van der Waals surface area contributed by atoms with Crippen molar-refractivity contribution in [2.45, 2.75) is 13.0 Å². The Balaban J connectivity index is 1.49. The fourth-order valence-corrected chi connectivity index (χ4v) is 5.65. The van der Waals surface area contributed by atoms with Gasteiger partial charge in [0.2, 0.25) is 15.9 Å². The first-order chi connectivity index (χ1) is 16.8. The number of anilines is 1. The molecule has 1 saturated heterocycles. The molecule has 3 aromatic carbocycles. The first-order valence-corrected chi connectivity index (χ1v) is 13.8. The number of carbonyl (C=O) groups is 1. The molecule has 0 saturated carbocycles. The largest absolute Gasteiger partial charge is 0.339 e. The second-order valence-electron chi connectivity index (χ2n) is 8.79. The maximum Gasteiger partial charge on any atom is 0.243 e. The third-order valence-electron chi connectivity index (χ3n) is 6.45. The van der Waals surface area contributed by atoms with E-state index in [1.165, 1.54) is 11.1 Å². The van der Waals surface area contributed by atoms with Gasteiger partial charge in [-0.2, -0.15) is 0 Å². The molecule has 0 atom stereocenters. The molecule has 0 aliphatic carbocycles. The van der Waals surface area contributed by atoms with Gasteiger partial charge in [-0.05, 0) is 35.7 Å². The summed E-state index contributed by atoms with van der Waals surface area (Å²) in [7, 11) is -3.67. The Kier molecular flexibility index (Phi) is 7.79. The fourth-order valence-electron chi connectivity index (χ4n) is 4.58. The number of halogens is 1. The molecule has 3 aromatic rings. The molecule has 8 heteroatoms. The molecule has 0 spiro atoms. The molecule has 0 aromatic heterocycles. The van der Waals surface area contributed by atoms with Crippen molar-refractivity contribution >= 4 is 33.2 Å². The van der Waals surface area contributed by atoms with Crippen LogP contribution in [-0.2, 0) is 14.8 Å². The third kappa shape index (κ3) is 5.86. The number of piperazine rings is 1. The van der Waals surface area contributed by atoms with Crippen LogP contribution in [0.25, 0.3) is 0 Å². The summed E-state index contributed by atoms with van der Waals surface area (Å²) in [6.45, 7) is 3.94. The highest BCUT2D eigenvalue weighted by molar-refractivity contribution is 7.92. The predicted octanol–water partition coefficient (Wildman–Crippen LogP) is 4.35. The van der Waals surface area contributed by atoms with E-state index in [0.29, 0.717) is 42.5 Å². The molecule has 4 rings (SSSR count). The molecule has 0 unspecified atom stereocenters. The summed E-state index contributed by atoms with van der Waals surface area (Å²) in [5.74, 6) is -0.217. The van der Waals surface area contributed by atoms with Crippen LogP contribution in [0.5, 0.6) is 0 Å². The zero-order valence-electron chi connectivity index (χ0n) is 20.0. The second-order valence-corrected chi connectivity index (χ2v) is 11.1. The van der Waals surface area contributed by atoms with Crippen LogP contribution in [0.1, 0.15) is 22.7 Å². The lowest BCUT2D eigenvalue weighted by molar-refractivity contribution is -0.131. The average Bonchev–Trinajstić information content (AvgIpc) is 2.86. The molecule has 1 amide bonds. The van der Waals surface area contributed by atoms with Gasteiger partial charge in [0, 0.05) is 31.2 Å². The van der Waals surface area contributed by atoms with Gasteiger partial charge in [0.05, 0.1) is 18.0 Å². The average molecular weight is 512 g/mol. The maximum atomic E-state index is 13.2. The molecule has 1 aliphatic heterocycles. The van der Waals surface area contributed by atoms with Crippen LogP contribution < -0.4 is 4.31 Å². The quantitative estimate of drug-likeness (QED) is 0.473. The fraction of sp³-hybridized carbons (Fsp3) is 0.296. The number of amides is 1. The van der Waals surface area contributed by atoms with E-state index in [9.17, 15) is 13.2 Å². The summed E-state index contributed by atoms with van der Waals surface area (Å²) in [4.78, 5) is 17.3. The van der Waals surface area contributed by atoms with E-state index in [4.69, 9.17) is 11.6 Å². The van der Waals surface area contributed by atoms with Crippen molar-refractivity contribution in [1.82, 2.24) is 9.80 Å². The van der Waals surface area contributed by atoms with Gasteiger partial charge < -0.3 is 4.90 Å². The minimum absolute atomic E-state index is 0.0938. The van der Waals surface area contributed by atoms with Crippen LogP contribution in [-0.4, -0.2) is 63.1 Å². The number of rotatable bonds is 7. The van der Waals surface area contributed by atoms with Crippen molar-refractivity contribution in [1.29, 1.82) is 0 Å². The van der Waals surface area contributed by atoms with Crippen LogP contribution in [0.2, 0.25) is 5.02 Å². The molecular formula is C27H30ClN3O3S. The molecule has 6 nitrogen and oxygen atoms in total. The highest BCUT2D eigenvalue weighted by Crippen LogP contribution is 2.30. The predicted molar refractivity (Wildman–Crippen MR) is 141 cm³/mol. The van der Waals surface area contributed by atoms with Gasteiger partial charge in [0.1, 0.15) is 6.54 Å². The van der Waals surface area contributed by atoms with Gasteiger partial charge in [-0.3, -0.25) is 14.0 Å². The molecule has 35 heavy (non-hydrogen) atoms. The number of benzene rings is 3. The Labute approximate surface area is 212 Å². The summed E-state index contributed by atoms with van der Waals surface area (Å²) >= 11 is 6.22. The maximum absolute atomic E-state index is 13.2. The van der Waals surface area contributed by atoms with Crippen LogP contribution in [0.3, 0.4) is 0 Å². The summed E-state index contributed by atoms with van der Waals surface area (Å²) in [5.41, 5.74) is 3.47. The Morgan fingerprint density at radius 3 is 1.94 bits per heavy atom. The minimum atomic E-state index is -3.67. The SMILES string of the molecule is Cc1c(Cl)cccc1N(CC(=O)N1CCN(C(c2ccccc2)c2ccccc2)CC1)S(C)(=O)=O. The van der Waals surface area contributed by atoms with Gasteiger partial charge in [0.15, 0.2) is 0 Å². The Morgan fingerprint density at radius 1 is 0.886 bits per heavy atom.